The second-order valence-corrected chi connectivity index (χ2v) is 9.13. The van der Waals surface area contributed by atoms with Crippen molar-refractivity contribution in [2.45, 2.75) is 6.61 Å². The zero-order valence-electron chi connectivity index (χ0n) is 17.2. The molecule has 0 atom stereocenters. The fourth-order valence-corrected chi connectivity index (χ4v) is 4.17. The van der Waals surface area contributed by atoms with Crippen LogP contribution in [0.3, 0.4) is 0 Å². The number of methoxy groups -OCH3 is 1. The van der Waals surface area contributed by atoms with Gasteiger partial charge in [-0.2, -0.15) is 5.26 Å². The maximum atomic E-state index is 12.5. The van der Waals surface area contributed by atoms with Gasteiger partial charge >= 0.3 is 0 Å². The molecule has 3 aromatic rings. The highest BCUT2D eigenvalue weighted by Gasteiger charge is 2.15. The molecule has 1 N–H and O–H groups in total. The van der Waals surface area contributed by atoms with Crippen LogP contribution in [0.2, 0.25) is 15.1 Å². The van der Waals surface area contributed by atoms with E-state index in [0.29, 0.717) is 37.8 Å². The number of hydrogen-bond acceptors (Lipinski definition) is 4. The van der Waals surface area contributed by atoms with Gasteiger partial charge in [-0.25, -0.2) is 0 Å². The predicted octanol–water partition coefficient (Wildman–Crippen LogP) is 7.38. The van der Waals surface area contributed by atoms with Crippen molar-refractivity contribution in [1.82, 2.24) is 0 Å². The summed E-state index contributed by atoms with van der Waals surface area (Å²) in [4.78, 5) is 12.5. The predicted molar refractivity (Wildman–Crippen MR) is 140 cm³/mol. The number of ether oxygens (including phenoxy) is 2. The van der Waals surface area contributed by atoms with Crippen molar-refractivity contribution in [1.29, 1.82) is 5.26 Å². The molecule has 0 saturated heterocycles. The highest BCUT2D eigenvalue weighted by molar-refractivity contribution is 14.1. The van der Waals surface area contributed by atoms with Gasteiger partial charge in [-0.1, -0.05) is 40.9 Å². The minimum atomic E-state index is -0.536. The first kappa shape index (κ1) is 25.2. The van der Waals surface area contributed by atoms with Crippen molar-refractivity contribution in [2.24, 2.45) is 0 Å². The van der Waals surface area contributed by atoms with Crippen LogP contribution in [-0.4, -0.2) is 13.0 Å². The summed E-state index contributed by atoms with van der Waals surface area (Å²) in [7, 11) is 1.51. The van der Waals surface area contributed by atoms with Crippen LogP contribution >= 0.6 is 57.4 Å². The van der Waals surface area contributed by atoms with Crippen molar-refractivity contribution in [3.8, 4) is 17.6 Å². The molecule has 3 rings (SSSR count). The number of carbonyl (C=O) groups is 1. The molecule has 0 bridgehead atoms. The Morgan fingerprint density at radius 2 is 1.79 bits per heavy atom. The Labute approximate surface area is 220 Å². The number of halogens is 4. The van der Waals surface area contributed by atoms with Crippen molar-refractivity contribution in [3.05, 3.63) is 89.9 Å². The van der Waals surface area contributed by atoms with E-state index in [1.165, 1.54) is 13.2 Å². The summed E-state index contributed by atoms with van der Waals surface area (Å²) < 4.78 is 12.2. The Balaban J connectivity index is 1.82. The van der Waals surface area contributed by atoms with E-state index in [-0.39, 0.29) is 12.2 Å². The molecule has 0 aliphatic carbocycles. The molecule has 168 valence electrons. The number of nitrogens with one attached hydrogen (secondary N) is 1. The summed E-state index contributed by atoms with van der Waals surface area (Å²) in [6.07, 6.45) is 1.48. The van der Waals surface area contributed by atoms with Crippen LogP contribution < -0.4 is 14.8 Å². The van der Waals surface area contributed by atoms with Gasteiger partial charge in [0.1, 0.15) is 18.2 Å². The van der Waals surface area contributed by atoms with Crippen molar-refractivity contribution >= 4 is 75.1 Å². The van der Waals surface area contributed by atoms with Crippen LogP contribution in [0.1, 0.15) is 11.1 Å². The second kappa shape index (κ2) is 11.6. The van der Waals surface area contributed by atoms with Gasteiger partial charge < -0.3 is 14.8 Å². The zero-order chi connectivity index (χ0) is 24.0. The Morgan fingerprint density at radius 3 is 2.42 bits per heavy atom. The van der Waals surface area contributed by atoms with Gasteiger partial charge in [-0.3, -0.25) is 4.79 Å². The number of hydrogen-bond donors (Lipinski definition) is 1. The smallest absolute Gasteiger partial charge is 0.266 e. The van der Waals surface area contributed by atoms with Gasteiger partial charge in [0.15, 0.2) is 11.5 Å². The molecule has 0 heterocycles. The van der Waals surface area contributed by atoms with Crippen LogP contribution in [0.4, 0.5) is 5.69 Å². The van der Waals surface area contributed by atoms with E-state index >= 15 is 0 Å². The topological polar surface area (TPSA) is 71.3 Å². The summed E-state index contributed by atoms with van der Waals surface area (Å²) in [6.45, 7) is 0.213. The molecular formula is C24H16Cl3IN2O3. The van der Waals surface area contributed by atoms with E-state index in [1.54, 1.807) is 54.6 Å². The second-order valence-electron chi connectivity index (χ2n) is 6.69. The Kier molecular flexibility index (Phi) is 8.87. The van der Waals surface area contributed by atoms with E-state index in [2.05, 4.69) is 27.9 Å². The number of nitriles is 1. The van der Waals surface area contributed by atoms with Gasteiger partial charge in [-0.15, -0.1) is 0 Å². The minimum absolute atomic E-state index is 0.0654. The molecule has 9 heteroatoms. The first-order chi connectivity index (χ1) is 15.8. The average Bonchev–Trinajstić information content (AvgIpc) is 2.78. The van der Waals surface area contributed by atoms with Gasteiger partial charge in [0.2, 0.25) is 0 Å². The van der Waals surface area contributed by atoms with Crippen LogP contribution in [0.5, 0.6) is 11.5 Å². The molecule has 0 saturated carbocycles. The van der Waals surface area contributed by atoms with Crippen molar-refractivity contribution in [2.75, 3.05) is 12.4 Å². The summed E-state index contributed by atoms with van der Waals surface area (Å²) in [5.41, 5.74) is 1.84. The number of nitrogens with zero attached hydrogens (tertiary/aromatic N) is 1. The lowest BCUT2D eigenvalue weighted by Crippen LogP contribution is -2.13. The third kappa shape index (κ3) is 6.78. The standard InChI is InChI=1S/C24H16Cl3IN2O3/c1-32-22-10-14(8-16(12-29)24(31)30-19-6-4-17(25)5-7-19)9-21(28)23(22)33-13-15-2-3-18(26)11-20(15)27/h2-11H,13H2,1H3,(H,30,31)/b16-8-. The number of amides is 1. The molecule has 1 amide bonds. The van der Waals surface area contributed by atoms with E-state index in [4.69, 9.17) is 44.3 Å². The fourth-order valence-electron chi connectivity index (χ4n) is 2.80. The molecule has 0 unspecified atom stereocenters. The number of carbonyl (C=O) groups excluding carboxylic acids is 1. The molecule has 5 nitrogen and oxygen atoms in total. The quantitative estimate of drug-likeness (QED) is 0.172. The van der Waals surface area contributed by atoms with E-state index in [1.807, 2.05) is 6.07 Å². The molecule has 0 aliphatic heterocycles. The monoisotopic (exact) mass is 612 g/mol. The van der Waals surface area contributed by atoms with Crippen LogP contribution in [0, 0.1) is 14.9 Å². The van der Waals surface area contributed by atoms with Gasteiger partial charge in [0.05, 0.1) is 10.7 Å². The molecule has 0 fully saturated rings. The Bertz CT molecular complexity index is 1260. The first-order valence-electron chi connectivity index (χ1n) is 9.43. The normalized spacial score (nSPS) is 11.0. The summed E-state index contributed by atoms with van der Waals surface area (Å²) >= 11 is 20.1. The van der Waals surface area contributed by atoms with Crippen LogP contribution in [0.15, 0.2) is 60.2 Å². The minimum Gasteiger partial charge on any atom is -0.493 e. The van der Waals surface area contributed by atoms with E-state index in [9.17, 15) is 10.1 Å². The largest absolute Gasteiger partial charge is 0.493 e. The molecular weight excluding hydrogens is 598 g/mol. The Morgan fingerprint density at radius 1 is 1.09 bits per heavy atom. The lowest BCUT2D eigenvalue weighted by atomic mass is 10.1. The maximum absolute atomic E-state index is 12.5. The zero-order valence-corrected chi connectivity index (χ0v) is 21.6. The van der Waals surface area contributed by atoms with Crippen molar-refractivity contribution in [3.63, 3.8) is 0 Å². The lowest BCUT2D eigenvalue weighted by Gasteiger charge is -2.14. The summed E-state index contributed by atoms with van der Waals surface area (Å²) in [5.74, 6) is 0.436. The SMILES string of the molecule is COc1cc(/C=C(/C#N)C(=O)Nc2ccc(Cl)cc2)cc(I)c1OCc1ccc(Cl)cc1Cl. The summed E-state index contributed by atoms with van der Waals surface area (Å²) in [5, 5.41) is 13.8. The van der Waals surface area contributed by atoms with Crippen LogP contribution in [-0.2, 0) is 11.4 Å². The highest BCUT2D eigenvalue weighted by atomic mass is 127. The molecule has 0 spiro atoms. The first-order valence-corrected chi connectivity index (χ1v) is 11.6. The van der Waals surface area contributed by atoms with Crippen LogP contribution in [0.25, 0.3) is 6.08 Å². The number of rotatable bonds is 7. The van der Waals surface area contributed by atoms with Gasteiger partial charge in [0.25, 0.3) is 5.91 Å². The third-order valence-corrected chi connectivity index (χ3v) is 6.06. The van der Waals surface area contributed by atoms with Crippen molar-refractivity contribution < 1.29 is 14.3 Å². The molecule has 0 aromatic heterocycles. The van der Waals surface area contributed by atoms with Gasteiger partial charge in [-0.05, 0) is 82.8 Å². The number of anilines is 1. The number of benzene rings is 3. The van der Waals surface area contributed by atoms with Gasteiger partial charge in [0, 0.05) is 26.3 Å². The molecule has 33 heavy (non-hydrogen) atoms. The highest BCUT2D eigenvalue weighted by Crippen LogP contribution is 2.36. The summed E-state index contributed by atoms with van der Waals surface area (Å²) in [6, 6.07) is 17.2. The maximum Gasteiger partial charge on any atom is 0.266 e. The average molecular weight is 614 g/mol. The molecule has 0 radical (unpaired) electrons. The lowest BCUT2D eigenvalue weighted by molar-refractivity contribution is -0.112. The fraction of sp³-hybridized carbons (Fsp3) is 0.0833. The molecule has 3 aromatic carbocycles. The molecule has 0 aliphatic rings. The van der Waals surface area contributed by atoms with E-state index in [0.717, 1.165) is 9.13 Å². The Hall–Kier alpha value is -2.44. The third-order valence-electron chi connectivity index (χ3n) is 4.42. The van der Waals surface area contributed by atoms with E-state index < -0.39 is 5.91 Å².